The molecule has 0 aliphatic heterocycles. The zero-order valence-corrected chi connectivity index (χ0v) is 6.51. The Morgan fingerprint density at radius 3 is 2.70 bits per heavy atom. The number of rotatable bonds is 4. The summed E-state index contributed by atoms with van der Waals surface area (Å²) in [5, 5.41) is 0. The van der Waals surface area contributed by atoms with Crippen LogP contribution in [0.2, 0.25) is 0 Å². The summed E-state index contributed by atoms with van der Waals surface area (Å²) in [7, 11) is 0. The van der Waals surface area contributed by atoms with Gasteiger partial charge in [0.05, 0.1) is 0 Å². The van der Waals surface area contributed by atoms with E-state index in [1.165, 1.54) is 0 Å². The molecular formula is C9H15N. The Morgan fingerprint density at radius 1 is 1.50 bits per heavy atom. The van der Waals surface area contributed by atoms with Crippen molar-refractivity contribution < 1.29 is 0 Å². The summed E-state index contributed by atoms with van der Waals surface area (Å²) < 4.78 is 0. The van der Waals surface area contributed by atoms with Crippen LogP contribution < -0.4 is 5.73 Å². The van der Waals surface area contributed by atoms with Crippen molar-refractivity contribution in [2.24, 2.45) is 5.73 Å². The normalized spacial score (nSPS) is 11.4. The van der Waals surface area contributed by atoms with Gasteiger partial charge in [0.2, 0.25) is 0 Å². The highest BCUT2D eigenvalue weighted by atomic mass is 14.5. The standard InChI is InChI=1S/C9H15N/c1-3-4-5-6-7-9(2)8-10/h3-4,6-7H,2,5,8,10H2,1H3. The molecule has 10 heavy (non-hydrogen) atoms. The fourth-order valence-electron chi connectivity index (χ4n) is 0.517. The fraction of sp³-hybridized carbons (Fsp3) is 0.333. The number of hydrogen-bond acceptors (Lipinski definition) is 1. The summed E-state index contributed by atoms with van der Waals surface area (Å²) in [4.78, 5) is 0. The number of hydrogen-bond donors (Lipinski definition) is 1. The maximum atomic E-state index is 5.32. The second-order valence-corrected chi connectivity index (χ2v) is 2.07. The highest BCUT2D eigenvalue weighted by Crippen LogP contribution is 1.91. The average Bonchev–Trinajstić information content (AvgIpc) is 1.98. The quantitative estimate of drug-likeness (QED) is 0.465. The van der Waals surface area contributed by atoms with Gasteiger partial charge in [0, 0.05) is 6.54 Å². The molecule has 0 amide bonds. The maximum absolute atomic E-state index is 5.32. The lowest BCUT2D eigenvalue weighted by molar-refractivity contribution is 1.19. The SMILES string of the molecule is C=C(C=CCC=CC)CN. The molecule has 0 aromatic heterocycles. The van der Waals surface area contributed by atoms with Crippen LogP contribution in [-0.4, -0.2) is 6.54 Å². The predicted molar refractivity (Wildman–Crippen MR) is 46.8 cm³/mol. The summed E-state index contributed by atoms with van der Waals surface area (Å²) in [5.41, 5.74) is 6.29. The zero-order valence-electron chi connectivity index (χ0n) is 6.51. The largest absolute Gasteiger partial charge is 0.327 e. The van der Waals surface area contributed by atoms with Crippen LogP contribution in [0.3, 0.4) is 0 Å². The zero-order chi connectivity index (χ0) is 7.82. The second-order valence-electron chi connectivity index (χ2n) is 2.07. The summed E-state index contributed by atoms with van der Waals surface area (Å²) in [6, 6.07) is 0. The van der Waals surface area contributed by atoms with Gasteiger partial charge >= 0.3 is 0 Å². The molecule has 56 valence electrons. The van der Waals surface area contributed by atoms with Crippen molar-refractivity contribution in [1.82, 2.24) is 0 Å². The van der Waals surface area contributed by atoms with Gasteiger partial charge in [-0.3, -0.25) is 0 Å². The van der Waals surface area contributed by atoms with Crippen LogP contribution in [0.15, 0.2) is 36.5 Å². The van der Waals surface area contributed by atoms with Crippen molar-refractivity contribution in [3.8, 4) is 0 Å². The van der Waals surface area contributed by atoms with Crippen molar-refractivity contribution >= 4 is 0 Å². The molecule has 0 fully saturated rings. The van der Waals surface area contributed by atoms with E-state index in [-0.39, 0.29) is 0 Å². The van der Waals surface area contributed by atoms with E-state index in [0.29, 0.717) is 6.54 Å². The molecule has 0 saturated heterocycles. The van der Waals surface area contributed by atoms with Crippen LogP contribution in [0, 0.1) is 0 Å². The van der Waals surface area contributed by atoms with Crippen LogP contribution in [-0.2, 0) is 0 Å². The van der Waals surface area contributed by atoms with Crippen molar-refractivity contribution in [3.63, 3.8) is 0 Å². The minimum absolute atomic E-state index is 0.548. The van der Waals surface area contributed by atoms with Crippen molar-refractivity contribution in [1.29, 1.82) is 0 Å². The molecule has 0 unspecified atom stereocenters. The predicted octanol–water partition coefficient (Wildman–Crippen LogP) is 2.02. The third-order valence-corrected chi connectivity index (χ3v) is 1.12. The summed E-state index contributed by atoms with van der Waals surface area (Å²) >= 11 is 0. The first-order valence-corrected chi connectivity index (χ1v) is 3.46. The molecule has 0 bridgehead atoms. The van der Waals surface area contributed by atoms with Gasteiger partial charge in [-0.25, -0.2) is 0 Å². The monoisotopic (exact) mass is 137 g/mol. The summed E-state index contributed by atoms with van der Waals surface area (Å²) in [6.45, 7) is 6.29. The van der Waals surface area contributed by atoms with Gasteiger partial charge in [-0.1, -0.05) is 30.9 Å². The Labute approximate surface area is 62.9 Å². The third kappa shape index (κ3) is 5.32. The molecular weight excluding hydrogens is 122 g/mol. The molecule has 0 radical (unpaired) electrons. The van der Waals surface area contributed by atoms with Gasteiger partial charge in [-0.05, 0) is 18.9 Å². The summed E-state index contributed by atoms with van der Waals surface area (Å²) in [5.74, 6) is 0. The highest BCUT2D eigenvalue weighted by Gasteiger charge is 1.78. The van der Waals surface area contributed by atoms with Gasteiger partial charge in [-0.15, -0.1) is 0 Å². The molecule has 0 aromatic carbocycles. The Bertz CT molecular complexity index is 143. The number of nitrogens with two attached hydrogens (primary N) is 1. The minimum atomic E-state index is 0.548. The Kier molecular flexibility index (Phi) is 5.79. The smallest absolute Gasteiger partial charge is 0.0172 e. The molecule has 0 aromatic rings. The second kappa shape index (κ2) is 6.30. The van der Waals surface area contributed by atoms with Crippen LogP contribution in [0.5, 0.6) is 0 Å². The lowest BCUT2D eigenvalue weighted by Crippen LogP contribution is -1.98. The van der Waals surface area contributed by atoms with Gasteiger partial charge in [0.25, 0.3) is 0 Å². The van der Waals surface area contributed by atoms with E-state index in [0.717, 1.165) is 12.0 Å². The molecule has 0 aliphatic carbocycles. The Balaban J connectivity index is 3.45. The van der Waals surface area contributed by atoms with Crippen molar-refractivity contribution in [3.05, 3.63) is 36.5 Å². The summed E-state index contributed by atoms with van der Waals surface area (Å²) in [6.07, 6.45) is 9.08. The Morgan fingerprint density at radius 2 is 2.20 bits per heavy atom. The Hall–Kier alpha value is -0.820. The first kappa shape index (κ1) is 9.18. The van der Waals surface area contributed by atoms with Crippen LogP contribution in [0.1, 0.15) is 13.3 Å². The molecule has 0 rings (SSSR count). The van der Waals surface area contributed by atoms with E-state index in [1.54, 1.807) is 0 Å². The van der Waals surface area contributed by atoms with Gasteiger partial charge in [-0.2, -0.15) is 0 Å². The topological polar surface area (TPSA) is 26.0 Å². The molecule has 0 aliphatic rings. The van der Waals surface area contributed by atoms with Gasteiger partial charge < -0.3 is 5.73 Å². The first-order valence-electron chi connectivity index (χ1n) is 3.46. The van der Waals surface area contributed by atoms with E-state index < -0.39 is 0 Å². The van der Waals surface area contributed by atoms with Crippen molar-refractivity contribution in [2.45, 2.75) is 13.3 Å². The van der Waals surface area contributed by atoms with E-state index in [4.69, 9.17) is 5.73 Å². The maximum Gasteiger partial charge on any atom is 0.0172 e. The van der Waals surface area contributed by atoms with Crippen molar-refractivity contribution in [2.75, 3.05) is 6.54 Å². The molecule has 0 atom stereocenters. The van der Waals surface area contributed by atoms with E-state index in [9.17, 15) is 0 Å². The molecule has 2 N–H and O–H groups in total. The van der Waals surface area contributed by atoms with E-state index in [1.807, 2.05) is 19.1 Å². The average molecular weight is 137 g/mol. The first-order chi connectivity index (χ1) is 4.81. The molecule has 1 nitrogen and oxygen atoms in total. The highest BCUT2D eigenvalue weighted by molar-refractivity contribution is 5.16. The van der Waals surface area contributed by atoms with E-state index >= 15 is 0 Å². The molecule has 0 heterocycles. The molecule has 0 spiro atoms. The molecule has 0 saturated carbocycles. The van der Waals surface area contributed by atoms with Crippen LogP contribution >= 0.6 is 0 Å². The fourth-order valence-corrected chi connectivity index (χ4v) is 0.517. The van der Waals surface area contributed by atoms with Crippen LogP contribution in [0.25, 0.3) is 0 Å². The van der Waals surface area contributed by atoms with Gasteiger partial charge in [0.15, 0.2) is 0 Å². The van der Waals surface area contributed by atoms with E-state index in [2.05, 4.69) is 18.7 Å². The molecule has 1 heteroatoms. The van der Waals surface area contributed by atoms with Crippen LogP contribution in [0.4, 0.5) is 0 Å². The number of allylic oxidation sites excluding steroid dienone is 3. The third-order valence-electron chi connectivity index (χ3n) is 1.12. The van der Waals surface area contributed by atoms with Gasteiger partial charge in [0.1, 0.15) is 0 Å². The lowest BCUT2D eigenvalue weighted by atomic mass is 10.2. The lowest BCUT2D eigenvalue weighted by Gasteiger charge is -1.89. The minimum Gasteiger partial charge on any atom is -0.327 e.